The van der Waals surface area contributed by atoms with E-state index >= 15 is 0 Å². The average Bonchev–Trinajstić information content (AvgIpc) is 2.81. The first-order valence-electron chi connectivity index (χ1n) is 9.51. The molecule has 0 fully saturated rings. The standard InChI is InChI=1S/C24H17BrN2O6/c1-32-22-12-16(10-19(13-26)17-4-6-18(7-5-17)24(28)29)11-21(25)23(22)33-14-15-2-8-20(9-3-15)27(30)31/h2-12H,14H2,1H3,(H,28,29)/b19-10-. The van der Waals surface area contributed by atoms with Gasteiger partial charge in [-0.2, -0.15) is 5.26 Å². The van der Waals surface area contributed by atoms with E-state index in [4.69, 9.17) is 14.6 Å². The van der Waals surface area contributed by atoms with E-state index in [1.165, 1.54) is 31.4 Å². The highest BCUT2D eigenvalue weighted by Crippen LogP contribution is 2.38. The number of rotatable bonds is 8. The van der Waals surface area contributed by atoms with Crippen LogP contribution in [0, 0.1) is 21.4 Å². The van der Waals surface area contributed by atoms with Crippen LogP contribution in [0.15, 0.2) is 65.1 Å². The maximum absolute atomic E-state index is 11.0. The fraction of sp³-hybridized carbons (Fsp3) is 0.0833. The molecule has 0 aliphatic carbocycles. The lowest BCUT2D eigenvalue weighted by Crippen LogP contribution is -1.99. The highest BCUT2D eigenvalue weighted by molar-refractivity contribution is 9.10. The molecule has 0 aliphatic rings. The Kier molecular flexibility index (Phi) is 7.43. The molecule has 0 bridgehead atoms. The van der Waals surface area contributed by atoms with Crippen LogP contribution >= 0.6 is 15.9 Å². The van der Waals surface area contributed by atoms with Crippen LogP contribution in [-0.4, -0.2) is 23.1 Å². The van der Waals surface area contributed by atoms with Crippen molar-refractivity contribution in [1.29, 1.82) is 5.26 Å². The first-order chi connectivity index (χ1) is 15.8. The van der Waals surface area contributed by atoms with Gasteiger partial charge in [0.1, 0.15) is 6.61 Å². The van der Waals surface area contributed by atoms with Gasteiger partial charge in [0.05, 0.1) is 33.7 Å². The molecule has 8 nitrogen and oxygen atoms in total. The SMILES string of the molecule is COc1cc(/C=C(/C#N)c2ccc(C(=O)O)cc2)cc(Br)c1OCc1ccc([N+](=O)[O-])cc1. The van der Waals surface area contributed by atoms with Crippen molar-refractivity contribution in [3.8, 4) is 17.6 Å². The monoisotopic (exact) mass is 508 g/mol. The number of nitro benzene ring substituents is 1. The van der Waals surface area contributed by atoms with E-state index in [1.54, 1.807) is 42.5 Å². The van der Waals surface area contributed by atoms with Crippen LogP contribution in [-0.2, 0) is 6.61 Å². The fourth-order valence-electron chi connectivity index (χ4n) is 2.97. The molecular weight excluding hydrogens is 492 g/mol. The van der Waals surface area contributed by atoms with E-state index in [0.29, 0.717) is 32.7 Å². The normalized spacial score (nSPS) is 10.9. The van der Waals surface area contributed by atoms with Crippen LogP contribution in [0.5, 0.6) is 11.5 Å². The fourth-order valence-corrected chi connectivity index (χ4v) is 3.55. The number of non-ortho nitro benzene ring substituents is 1. The number of nitro groups is 1. The quantitative estimate of drug-likeness (QED) is 0.179. The van der Waals surface area contributed by atoms with E-state index in [-0.39, 0.29) is 17.9 Å². The Morgan fingerprint density at radius 1 is 1.15 bits per heavy atom. The predicted molar refractivity (Wildman–Crippen MR) is 125 cm³/mol. The number of nitrogens with zero attached hydrogens (tertiary/aromatic N) is 2. The van der Waals surface area contributed by atoms with Gasteiger partial charge in [-0.05, 0) is 75.1 Å². The lowest BCUT2D eigenvalue weighted by Gasteiger charge is -2.14. The third kappa shape index (κ3) is 5.75. The molecule has 0 saturated carbocycles. The molecule has 0 spiro atoms. The zero-order valence-corrected chi connectivity index (χ0v) is 18.9. The predicted octanol–water partition coefficient (Wildman–Crippen LogP) is 5.71. The van der Waals surface area contributed by atoms with Gasteiger partial charge in [0, 0.05) is 12.1 Å². The number of carboxylic acids is 1. The van der Waals surface area contributed by atoms with Crippen molar-refractivity contribution in [2.45, 2.75) is 6.61 Å². The number of halogens is 1. The van der Waals surface area contributed by atoms with Crippen molar-refractivity contribution in [3.63, 3.8) is 0 Å². The molecule has 33 heavy (non-hydrogen) atoms. The summed E-state index contributed by atoms with van der Waals surface area (Å²) in [6, 6.07) is 17.7. The second kappa shape index (κ2) is 10.4. The summed E-state index contributed by atoms with van der Waals surface area (Å²) in [6.45, 7) is 0.168. The molecular formula is C24H17BrN2O6. The molecule has 0 unspecified atom stereocenters. The summed E-state index contributed by atoms with van der Waals surface area (Å²) in [5.74, 6) is -0.171. The van der Waals surface area contributed by atoms with Crippen LogP contribution in [0.25, 0.3) is 11.6 Å². The summed E-state index contributed by atoms with van der Waals surface area (Å²) >= 11 is 3.46. The van der Waals surface area contributed by atoms with E-state index in [0.717, 1.165) is 5.56 Å². The number of carbonyl (C=O) groups is 1. The second-order valence-corrected chi connectivity index (χ2v) is 7.65. The molecule has 0 aliphatic heterocycles. The number of carboxylic acid groups (broad SMARTS) is 1. The van der Waals surface area contributed by atoms with Crippen molar-refractivity contribution in [2.24, 2.45) is 0 Å². The van der Waals surface area contributed by atoms with Crippen LogP contribution in [0.2, 0.25) is 0 Å². The summed E-state index contributed by atoms with van der Waals surface area (Å²) in [5, 5.41) is 29.4. The Labute approximate surface area is 197 Å². The summed E-state index contributed by atoms with van der Waals surface area (Å²) in [7, 11) is 1.49. The number of hydrogen-bond donors (Lipinski definition) is 1. The largest absolute Gasteiger partial charge is 0.493 e. The van der Waals surface area contributed by atoms with Crippen LogP contribution in [0.3, 0.4) is 0 Å². The summed E-state index contributed by atoms with van der Waals surface area (Å²) in [5.41, 5.74) is 2.47. The Morgan fingerprint density at radius 2 is 1.79 bits per heavy atom. The molecule has 3 rings (SSSR count). The van der Waals surface area contributed by atoms with E-state index in [2.05, 4.69) is 22.0 Å². The Hall–Kier alpha value is -4.16. The number of methoxy groups -OCH3 is 1. The Morgan fingerprint density at radius 3 is 2.33 bits per heavy atom. The molecule has 0 radical (unpaired) electrons. The van der Waals surface area contributed by atoms with E-state index < -0.39 is 10.9 Å². The number of benzene rings is 3. The highest BCUT2D eigenvalue weighted by Gasteiger charge is 2.13. The van der Waals surface area contributed by atoms with Crippen molar-refractivity contribution in [3.05, 3.63) is 97.5 Å². The zero-order valence-electron chi connectivity index (χ0n) is 17.3. The van der Waals surface area contributed by atoms with Gasteiger partial charge in [0.25, 0.3) is 5.69 Å². The summed E-state index contributed by atoms with van der Waals surface area (Å²) in [6.07, 6.45) is 1.66. The molecule has 0 saturated heterocycles. The van der Waals surface area contributed by atoms with Gasteiger partial charge in [0.2, 0.25) is 0 Å². The molecule has 1 N–H and O–H groups in total. The summed E-state index contributed by atoms with van der Waals surface area (Å²) in [4.78, 5) is 21.4. The lowest BCUT2D eigenvalue weighted by atomic mass is 10.0. The van der Waals surface area contributed by atoms with Crippen molar-refractivity contribution >= 4 is 39.2 Å². The van der Waals surface area contributed by atoms with Crippen molar-refractivity contribution < 1.29 is 24.3 Å². The lowest BCUT2D eigenvalue weighted by molar-refractivity contribution is -0.384. The molecule has 166 valence electrons. The molecule has 0 aromatic heterocycles. The van der Waals surface area contributed by atoms with Crippen molar-refractivity contribution in [2.75, 3.05) is 7.11 Å². The minimum atomic E-state index is -1.04. The Balaban J connectivity index is 1.84. The topological polar surface area (TPSA) is 123 Å². The van der Waals surface area contributed by atoms with E-state index in [9.17, 15) is 20.2 Å². The molecule has 0 atom stereocenters. The third-order valence-electron chi connectivity index (χ3n) is 4.66. The van der Waals surface area contributed by atoms with Gasteiger partial charge >= 0.3 is 5.97 Å². The van der Waals surface area contributed by atoms with Crippen LogP contribution < -0.4 is 9.47 Å². The zero-order chi connectivity index (χ0) is 24.0. The third-order valence-corrected chi connectivity index (χ3v) is 5.25. The van der Waals surface area contributed by atoms with Gasteiger partial charge in [-0.3, -0.25) is 10.1 Å². The average molecular weight is 509 g/mol. The molecule has 3 aromatic carbocycles. The van der Waals surface area contributed by atoms with Crippen molar-refractivity contribution in [1.82, 2.24) is 0 Å². The van der Waals surface area contributed by atoms with Gasteiger partial charge in [-0.1, -0.05) is 12.1 Å². The number of hydrogen-bond acceptors (Lipinski definition) is 6. The second-order valence-electron chi connectivity index (χ2n) is 6.80. The van der Waals surface area contributed by atoms with E-state index in [1.807, 2.05) is 0 Å². The maximum atomic E-state index is 11.0. The minimum Gasteiger partial charge on any atom is -0.493 e. The summed E-state index contributed by atoms with van der Waals surface area (Å²) < 4.78 is 11.9. The molecule has 0 amide bonds. The number of nitriles is 1. The van der Waals surface area contributed by atoms with Gasteiger partial charge in [-0.15, -0.1) is 0 Å². The van der Waals surface area contributed by atoms with Gasteiger partial charge in [0.15, 0.2) is 11.5 Å². The van der Waals surface area contributed by atoms with Crippen LogP contribution in [0.4, 0.5) is 5.69 Å². The smallest absolute Gasteiger partial charge is 0.335 e. The number of allylic oxidation sites excluding steroid dienone is 1. The molecule has 3 aromatic rings. The molecule has 0 heterocycles. The van der Waals surface area contributed by atoms with Gasteiger partial charge < -0.3 is 14.6 Å². The highest BCUT2D eigenvalue weighted by atomic mass is 79.9. The van der Waals surface area contributed by atoms with Crippen LogP contribution in [0.1, 0.15) is 27.0 Å². The molecule has 9 heteroatoms. The first kappa shape index (κ1) is 23.5. The minimum absolute atomic E-state index is 0.000418. The number of aromatic carboxylic acids is 1. The maximum Gasteiger partial charge on any atom is 0.335 e. The Bertz CT molecular complexity index is 1260. The van der Waals surface area contributed by atoms with Gasteiger partial charge in [-0.25, -0.2) is 4.79 Å². The first-order valence-corrected chi connectivity index (χ1v) is 10.3. The number of ether oxygens (including phenoxy) is 2.